The maximum atomic E-state index is 11.2. The maximum absolute atomic E-state index is 11.2. The molecule has 0 aromatic carbocycles. The Kier molecular flexibility index (Phi) is 10.2. The number of carbonyl (C=O) groups excluding carboxylic acids is 1. The zero-order chi connectivity index (χ0) is 12.9. The third-order valence-electron chi connectivity index (χ3n) is 1.98. The lowest BCUT2D eigenvalue weighted by atomic mass is 10.3. The Hall–Kier alpha value is -1.36. The van der Waals surface area contributed by atoms with E-state index >= 15 is 0 Å². The number of nitrogens with one attached hydrogen (secondary N) is 1. The lowest BCUT2D eigenvalue weighted by Gasteiger charge is -2.03. The number of hydrogen-bond acceptors (Lipinski definition) is 4. The molecule has 17 heavy (non-hydrogen) atoms. The summed E-state index contributed by atoms with van der Waals surface area (Å²) in [5.41, 5.74) is 0. The lowest BCUT2D eigenvalue weighted by Crippen LogP contribution is -2.22. The van der Waals surface area contributed by atoms with Gasteiger partial charge in [0.2, 0.25) is 0 Å². The molecule has 0 unspecified atom stereocenters. The average molecular weight is 243 g/mol. The van der Waals surface area contributed by atoms with Crippen molar-refractivity contribution in [3.63, 3.8) is 0 Å². The molecule has 0 aliphatic heterocycles. The van der Waals surface area contributed by atoms with E-state index in [1.807, 2.05) is 12.2 Å². The Morgan fingerprint density at radius 2 is 1.94 bits per heavy atom. The minimum absolute atomic E-state index is 0.0643. The molecule has 0 saturated carbocycles. The third kappa shape index (κ3) is 12.6. The van der Waals surface area contributed by atoms with E-state index < -0.39 is 5.97 Å². The van der Waals surface area contributed by atoms with Crippen molar-refractivity contribution in [3.05, 3.63) is 12.2 Å². The quantitative estimate of drug-likeness (QED) is 0.344. The van der Waals surface area contributed by atoms with Gasteiger partial charge in [0.15, 0.2) is 0 Å². The molecular weight excluding hydrogens is 222 g/mol. The molecule has 2 N–H and O–H groups in total. The number of rotatable bonds is 10. The van der Waals surface area contributed by atoms with Gasteiger partial charge in [-0.3, -0.25) is 9.59 Å². The average Bonchev–Trinajstić information content (AvgIpc) is 2.28. The van der Waals surface area contributed by atoms with Gasteiger partial charge >= 0.3 is 11.9 Å². The van der Waals surface area contributed by atoms with Gasteiger partial charge in [-0.15, -0.1) is 0 Å². The minimum Gasteiger partial charge on any atom is -0.481 e. The van der Waals surface area contributed by atoms with Crippen molar-refractivity contribution in [2.24, 2.45) is 0 Å². The number of esters is 1. The Morgan fingerprint density at radius 3 is 2.59 bits per heavy atom. The molecule has 0 fully saturated rings. The van der Waals surface area contributed by atoms with Gasteiger partial charge in [0, 0.05) is 13.1 Å². The first-order chi connectivity index (χ1) is 8.16. The van der Waals surface area contributed by atoms with Gasteiger partial charge in [-0.1, -0.05) is 25.5 Å². The van der Waals surface area contributed by atoms with E-state index in [4.69, 9.17) is 9.84 Å². The molecule has 0 aliphatic rings. The molecule has 0 saturated heterocycles. The number of ether oxygens (including phenoxy) is 1. The number of allylic oxidation sites excluding steroid dienone is 1. The van der Waals surface area contributed by atoms with Crippen LogP contribution in [0, 0.1) is 0 Å². The van der Waals surface area contributed by atoms with Gasteiger partial charge in [-0.05, 0) is 6.42 Å². The number of carboxylic acid groups (broad SMARTS) is 1. The number of carboxylic acids is 1. The van der Waals surface area contributed by atoms with Crippen LogP contribution in [0.1, 0.15) is 32.6 Å². The molecule has 0 aromatic rings. The van der Waals surface area contributed by atoms with Crippen molar-refractivity contribution in [2.75, 3.05) is 19.7 Å². The van der Waals surface area contributed by atoms with Gasteiger partial charge in [-0.2, -0.15) is 0 Å². The molecule has 0 aliphatic carbocycles. The van der Waals surface area contributed by atoms with Crippen LogP contribution in [-0.2, 0) is 14.3 Å². The first-order valence-corrected chi connectivity index (χ1v) is 5.90. The number of carbonyl (C=O) groups is 2. The summed E-state index contributed by atoms with van der Waals surface area (Å²) in [7, 11) is 0. The molecule has 0 atom stereocenters. The fraction of sp³-hybridized carbons (Fsp3) is 0.667. The molecule has 0 amide bonds. The van der Waals surface area contributed by atoms with E-state index in [2.05, 4.69) is 12.2 Å². The summed E-state index contributed by atoms with van der Waals surface area (Å²) >= 11 is 0. The molecule has 0 spiro atoms. The Morgan fingerprint density at radius 1 is 1.24 bits per heavy atom. The highest BCUT2D eigenvalue weighted by Gasteiger charge is 2.01. The molecular formula is C12H21NO4. The van der Waals surface area contributed by atoms with Crippen LogP contribution in [-0.4, -0.2) is 36.7 Å². The van der Waals surface area contributed by atoms with Crippen molar-refractivity contribution in [3.8, 4) is 0 Å². The molecule has 5 heteroatoms. The molecule has 5 nitrogen and oxygen atoms in total. The van der Waals surface area contributed by atoms with Crippen LogP contribution in [0.5, 0.6) is 0 Å². The van der Waals surface area contributed by atoms with Crippen molar-refractivity contribution in [1.82, 2.24) is 5.32 Å². The topological polar surface area (TPSA) is 75.6 Å². The molecule has 0 bridgehead atoms. The maximum Gasteiger partial charge on any atom is 0.307 e. The van der Waals surface area contributed by atoms with Crippen LogP contribution in [0.2, 0.25) is 0 Å². The summed E-state index contributed by atoms with van der Waals surface area (Å²) in [6.45, 7) is 3.22. The van der Waals surface area contributed by atoms with E-state index in [-0.39, 0.29) is 18.8 Å². The van der Waals surface area contributed by atoms with Crippen LogP contribution in [0.15, 0.2) is 12.2 Å². The number of unbranched alkanes of at least 4 members (excludes halogenated alkanes) is 1. The lowest BCUT2D eigenvalue weighted by molar-refractivity contribution is -0.142. The smallest absolute Gasteiger partial charge is 0.307 e. The summed E-state index contributed by atoms with van der Waals surface area (Å²) in [5, 5.41) is 11.2. The Balaban J connectivity index is 3.31. The van der Waals surface area contributed by atoms with Crippen LogP contribution < -0.4 is 5.32 Å². The summed E-state index contributed by atoms with van der Waals surface area (Å²) in [4.78, 5) is 21.3. The second-order valence-electron chi connectivity index (χ2n) is 3.59. The van der Waals surface area contributed by atoms with Gasteiger partial charge in [0.25, 0.3) is 0 Å². The second-order valence-corrected chi connectivity index (χ2v) is 3.59. The van der Waals surface area contributed by atoms with E-state index in [0.717, 1.165) is 12.8 Å². The summed E-state index contributed by atoms with van der Waals surface area (Å²) in [6, 6.07) is 0. The van der Waals surface area contributed by atoms with E-state index in [1.54, 1.807) is 0 Å². The Bertz CT molecular complexity index is 251. The van der Waals surface area contributed by atoms with Gasteiger partial charge in [0.1, 0.15) is 6.61 Å². The van der Waals surface area contributed by atoms with E-state index in [9.17, 15) is 9.59 Å². The summed E-state index contributed by atoms with van der Waals surface area (Å²) < 4.78 is 4.93. The van der Waals surface area contributed by atoms with Crippen LogP contribution in [0.3, 0.4) is 0 Å². The standard InChI is InChI=1S/C12H21NO4/c1-2-3-4-5-10-17-12(16)7-9-13-8-6-11(14)15/h4-5,13H,2-3,6-10H2,1H3,(H,14,15). The van der Waals surface area contributed by atoms with Crippen LogP contribution in [0.25, 0.3) is 0 Å². The predicted octanol–water partition coefficient (Wildman–Crippen LogP) is 1.34. The summed E-state index contributed by atoms with van der Waals surface area (Å²) in [5.74, 6) is -1.12. The van der Waals surface area contributed by atoms with Crippen molar-refractivity contribution >= 4 is 11.9 Å². The second kappa shape index (κ2) is 11.1. The predicted molar refractivity (Wildman–Crippen MR) is 64.7 cm³/mol. The highest BCUT2D eigenvalue weighted by atomic mass is 16.5. The van der Waals surface area contributed by atoms with Crippen molar-refractivity contribution in [2.45, 2.75) is 32.6 Å². The summed E-state index contributed by atoms with van der Waals surface area (Å²) in [6.07, 6.45) is 6.22. The molecule has 0 aromatic heterocycles. The first-order valence-electron chi connectivity index (χ1n) is 5.90. The molecule has 0 rings (SSSR count). The van der Waals surface area contributed by atoms with Gasteiger partial charge in [-0.25, -0.2) is 0 Å². The zero-order valence-corrected chi connectivity index (χ0v) is 10.3. The molecule has 0 radical (unpaired) electrons. The number of hydrogen-bond donors (Lipinski definition) is 2. The zero-order valence-electron chi connectivity index (χ0n) is 10.3. The van der Waals surface area contributed by atoms with Crippen LogP contribution >= 0.6 is 0 Å². The largest absolute Gasteiger partial charge is 0.481 e. The number of aliphatic carboxylic acids is 1. The monoisotopic (exact) mass is 243 g/mol. The third-order valence-corrected chi connectivity index (χ3v) is 1.98. The molecule has 0 heterocycles. The normalized spacial score (nSPS) is 10.6. The van der Waals surface area contributed by atoms with Crippen LogP contribution in [0.4, 0.5) is 0 Å². The van der Waals surface area contributed by atoms with Crippen molar-refractivity contribution < 1.29 is 19.4 Å². The first kappa shape index (κ1) is 15.6. The van der Waals surface area contributed by atoms with Gasteiger partial charge < -0.3 is 15.2 Å². The SMILES string of the molecule is CCCC=CCOC(=O)CCNCCC(=O)O. The highest BCUT2D eigenvalue weighted by molar-refractivity contribution is 5.69. The highest BCUT2D eigenvalue weighted by Crippen LogP contribution is 1.90. The molecule has 98 valence electrons. The van der Waals surface area contributed by atoms with E-state index in [0.29, 0.717) is 19.7 Å². The Labute approximate surface area is 102 Å². The fourth-order valence-corrected chi connectivity index (χ4v) is 1.08. The fourth-order valence-electron chi connectivity index (χ4n) is 1.08. The van der Waals surface area contributed by atoms with E-state index in [1.165, 1.54) is 0 Å². The minimum atomic E-state index is -0.846. The van der Waals surface area contributed by atoms with Gasteiger partial charge in [0.05, 0.1) is 12.8 Å². The van der Waals surface area contributed by atoms with Crippen molar-refractivity contribution in [1.29, 1.82) is 0 Å².